The quantitative estimate of drug-likeness (QED) is 0.851. The van der Waals surface area contributed by atoms with Crippen molar-refractivity contribution in [3.05, 3.63) is 36.5 Å². The summed E-state index contributed by atoms with van der Waals surface area (Å²) in [5.41, 5.74) is 6.14. The fourth-order valence-electron chi connectivity index (χ4n) is 2.26. The van der Waals surface area contributed by atoms with Crippen LogP contribution in [-0.4, -0.2) is 49.0 Å². The zero-order valence-electron chi connectivity index (χ0n) is 12.3. The molecule has 0 bridgehead atoms. The molecule has 0 atom stereocenters. The van der Waals surface area contributed by atoms with Crippen molar-refractivity contribution in [1.29, 1.82) is 0 Å². The summed E-state index contributed by atoms with van der Waals surface area (Å²) >= 11 is 0. The average molecular weight is 335 g/mol. The van der Waals surface area contributed by atoms with Crippen LogP contribution in [-0.2, 0) is 14.8 Å². The van der Waals surface area contributed by atoms with Gasteiger partial charge in [0.05, 0.1) is 18.1 Å². The molecule has 0 saturated carbocycles. The number of nitrogens with zero attached hydrogens (tertiary/aromatic N) is 3. The zero-order valence-corrected chi connectivity index (χ0v) is 13.2. The van der Waals surface area contributed by atoms with Crippen LogP contribution >= 0.6 is 0 Å². The summed E-state index contributed by atoms with van der Waals surface area (Å²) in [6, 6.07) is 8.24. The van der Waals surface area contributed by atoms with Crippen LogP contribution in [0.3, 0.4) is 0 Å². The van der Waals surface area contributed by atoms with Crippen LogP contribution < -0.4 is 11.1 Å². The molecule has 0 spiro atoms. The third-order valence-electron chi connectivity index (χ3n) is 3.39. The molecule has 1 saturated heterocycles. The molecule has 2 aromatic rings. The Morgan fingerprint density at radius 3 is 2.74 bits per heavy atom. The third kappa shape index (κ3) is 3.58. The molecule has 8 nitrogen and oxygen atoms in total. The molecule has 1 aromatic heterocycles. The number of nitrogen functional groups attached to an aromatic ring is 1. The Kier molecular flexibility index (Phi) is 4.42. The van der Waals surface area contributed by atoms with Gasteiger partial charge in [-0.3, -0.25) is 0 Å². The van der Waals surface area contributed by atoms with Crippen LogP contribution in [0.4, 0.5) is 17.5 Å². The number of nitrogens with two attached hydrogens (primary N) is 1. The summed E-state index contributed by atoms with van der Waals surface area (Å²) in [4.78, 5) is 8.07. The molecule has 23 heavy (non-hydrogen) atoms. The van der Waals surface area contributed by atoms with E-state index >= 15 is 0 Å². The lowest BCUT2D eigenvalue weighted by molar-refractivity contribution is 0.0730. The fourth-order valence-corrected chi connectivity index (χ4v) is 3.72. The van der Waals surface area contributed by atoms with E-state index in [2.05, 4.69) is 15.3 Å². The molecule has 9 heteroatoms. The summed E-state index contributed by atoms with van der Waals surface area (Å²) < 4.78 is 31.9. The molecule has 1 aliphatic rings. The number of nitrogens with one attached hydrogen (secondary N) is 1. The molecular formula is C14H17N5O3S. The largest absolute Gasteiger partial charge is 0.379 e. The van der Waals surface area contributed by atoms with E-state index in [0.29, 0.717) is 37.8 Å². The maximum Gasteiger partial charge on any atom is 0.243 e. The molecule has 3 N–H and O–H groups in total. The lowest BCUT2D eigenvalue weighted by Crippen LogP contribution is -2.40. The summed E-state index contributed by atoms with van der Waals surface area (Å²) in [5.74, 6) is 0.644. The molecule has 1 aromatic carbocycles. The average Bonchev–Trinajstić information content (AvgIpc) is 2.56. The maximum absolute atomic E-state index is 12.6. The first-order chi connectivity index (χ1) is 11.1. The Bertz CT molecular complexity index is 791. The molecule has 1 aliphatic heterocycles. The Morgan fingerprint density at radius 1 is 1.22 bits per heavy atom. The number of sulfonamides is 1. The van der Waals surface area contributed by atoms with Gasteiger partial charge in [-0.25, -0.2) is 13.4 Å². The van der Waals surface area contributed by atoms with Crippen LogP contribution in [0.15, 0.2) is 41.4 Å². The van der Waals surface area contributed by atoms with E-state index in [1.165, 1.54) is 10.5 Å². The van der Waals surface area contributed by atoms with E-state index in [-0.39, 0.29) is 10.8 Å². The molecule has 1 fully saturated rings. The third-order valence-corrected chi connectivity index (χ3v) is 5.28. The lowest BCUT2D eigenvalue weighted by atomic mass is 10.3. The van der Waals surface area contributed by atoms with Crippen LogP contribution in [0.1, 0.15) is 0 Å². The molecular weight excluding hydrogens is 318 g/mol. The van der Waals surface area contributed by atoms with Crippen molar-refractivity contribution in [3.8, 4) is 0 Å². The first-order valence-electron chi connectivity index (χ1n) is 7.09. The van der Waals surface area contributed by atoms with Crippen LogP contribution in [0.2, 0.25) is 0 Å². The van der Waals surface area contributed by atoms with Crippen molar-refractivity contribution in [2.24, 2.45) is 0 Å². The number of rotatable bonds is 4. The number of hydrogen-bond donors (Lipinski definition) is 2. The second-order valence-corrected chi connectivity index (χ2v) is 6.91. The Labute approximate surface area is 134 Å². The van der Waals surface area contributed by atoms with E-state index in [4.69, 9.17) is 10.5 Å². The first-order valence-corrected chi connectivity index (χ1v) is 8.53. The van der Waals surface area contributed by atoms with Gasteiger partial charge in [0.1, 0.15) is 5.82 Å². The highest BCUT2D eigenvalue weighted by Gasteiger charge is 2.26. The Hall–Kier alpha value is -2.23. The van der Waals surface area contributed by atoms with E-state index in [0.717, 1.165) is 0 Å². The second kappa shape index (κ2) is 6.49. The molecule has 0 unspecified atom stereocenters. The first kappa shape index (κ1) is 15.7. The highest BCUT2D eigenvalue weighted by Crippen LogP contribution is 2.22. The van der Waals surface area contributed by atoms with Crippen LogP contribution in [0.25, 0.3) is 0 Å². The number of aromatic nitrogens is 2. The van der Waals surface area contributed by atoms with Gasteiger partial charge in [0.15, 0.2) is 0 Å². The van der Waals surface area contributed by atoms with Gasteiger partial charge in [0, 0.05) is 25.0 Å². The standard InChI is InChI=1S/C14H17N5O3S/c15-14-16-5-4-13(18-14)17-11-2-1-3-12(10-11)23(20,21)19-6-8-22-9-7-19/h1-5,10H,6-9H2,(H3,15,16,17,18). The minimum absolute atomic E-state index is 0.145. The van der Waals surface area contributed by atoms with Gasteiger partial charge in [-0.1, -0.05) is 6.07 Å². The van der Waals surface area contributed by atoms with E-state index < -0.39 is 10.0 Å². The van der Waals surface area contributed by atoms with Gasteiger partial charge < -0.3 is 15.8 Å². The van der Waals surface area contributed by atoms with E-state index in [1.807, 2.05) is 0 Å². The SMILES string of the molecule is Nc1nccc(Nc2cccc(S(=O)(=O)N3CCOCC3)c2)n1. The minimum Gasteiger partial charge on any atom is -0.379 e. The molecule has 3 rings (SSSR count). The monoisotopic (exact) mass is 335 g/mol. The van der Waals surface area contributed by atoms with Crippen molar-refractivity contribution in [3.63, 3.8) is 0 Å². The fraction of sp³-hybridized carbons (Fsp3) is 0.286. The Morgan fingerprint density at radius 2 is 2.00 bits per heavy atom. The summed E-state index contributed by atoms with van der Waals surface area (Å²) in [6.07, 6.45) is 1.53. The predicted molar refractivity (Wildman–Crippen MR) is 85.7 cm³/mol. The number of benzene rings is 1. The second-order valence-electron chi connectivity index (χ2n) is 4.97. The van der Waals surface area contributed by atoms with Crippen molar-refractivity contribution in [2.45, 2.75) is 4.90 Å². The highest BCUT2D eigenvalue weighted by molar-refractivity contribution is 7.89. The lowest BCUT2D eigenvalue weighted by Gasteiger charge is -2.26. The molecule has 122 valence electrons. The smallest absolute Gasteiger partial charge is 0.243 e. The van der Waals surface area contributed by atoms with Crippen molar-refractivity contribution < 1.29 is 13.2 Å². The van der Waals surface area contributed by atoms with Crippen LogP contribution in [0.5, 0.6) is 0 Å². The molecule has 2 heterocycles. The van der Waals surface area contributed by atoms with Gasteiger partial charge in [0.2, 0.25) is 16.0 Å². The summed E-state index contributed by atoms with van der Waals surface area (Å²) in [7, 11) is -3.53. The van der Waals surface area contributed by atoms with Crippen LogP contribution in [0, 0.1) is 0 Å². The number of ether oxygens (including phenoxy) is 1. The molecule has 0 aliphatic carbocycles. The zero-order chi connectivity index (χ0) is 16.3. The minimum atomic E-state index is -3.53. The highest BCUT2D eigenvalue weighted by atomic mass is 32.2. The number of morpholine rings is 1. The van der Waals surface area contributed by atoms with Crippen molar-refractivity contribution in [2.75, 3.05) is 37.4 Å². The van der Waals surface area contributed by atoms with E-state index in [1.54, 1.807) is 30.3 Å². The van der Waals surface area contributed by atoms with Gasteiger partial charge in [-0.15, -0.1) is 0 Å². The Balaban J connectivity index is 1.84. The van der Waals surface area contributed by atoms with Gasteiger partial charge in [-0.05, 0) is 24.3 Å². The van der Waals surface area contributed by atoms with Gasteiger partial charge >= 0.3 is 0 Å². The topological polar surface area (TPSA) is 110 Å². The van der Waals surface area contributed by atoms with E-state index in [9.17, 15) is 8.42 Å². The van der Waals surface area contributed by atoms with Crippen molar-refractivity contribution >= 4 is 27.5 Å². The normalized spacial score (nSPS) is 16.2. The van der Waals surface area contributed by atoms with Gasteiger partial charge in [-0.2, -0.15) is 9.29 Å². The van der Waals surface area contributed by atoms with Crippen molar-refractivity contribution in [1.82, 2.24) is 14.3 Å². The summed E-state index contributed by atoms with van der Waals surface area (Å²) in [5, 5.41) is 3.02. The molecule has 0 amide bonds. The summed E-state index contributed by atoms with van der Waals surface area (Å²) in [6.45, 7) is 1.56. The van der Waals surface area contributed by atoms with Gasteiger partial charge in [0.25, 0.3) is 0 Å². The number of anilines is 3. The maximum atomic E-state index is 12.6. The number of hydrogen-bond acceptors (Lipinski definition) is 7. The molecule has 0 radical (unpaired) electrons. The predicted octanol–water partition coefficient (Wildman–Crippen LogP) is 0.823.